The van der Waals surface area contributed by atoms with Crippen LogP contribution in [0.2, 0.25) is 0 Å². The Labute approximate surface area is 135 Å². The van der Waals surface area contributed by atoms with Crippen LogP contribution in [0, 0.1) is 0 Å². The number of nitrogen functional groups attached to an aromatic ring is 1. The molecule has 0 aliphatic rings. The zero-order valence-electron chi connectivity index (χ0n) is 11.9. The van der Waals surface area contributed by atoms with E-state index in [9.17, 15) is 0 Å². The van der Waals surface area contributed by atoms with Crippen LogP contribution in [0.25, 0.3) is 17.2 Å². The van der Waals surface area contributed by atoms with Crippen LogP contribution >= 0.6 is 15.9 Å². The highest BCUT2D eigenvalue weighted by molar-refractivity contribution is 9.10. The van der Waals surface area contributed by atoms with Crippen LogP contribution < -0.4 is 11.1 Å². The molecule has 3 N–H and O–H groups in total. The lowest BCUT2D eigenvalue weighted by Crippen LogP contribution is -2.09. The Kier molecular flexibility index (Phi) is 4.01. The molecule has 3 aromatic heterocycles. The first-order chi connectivity index (χ1) is 10.7. The molecule has 0 unspecified atom stereocenters. The van der Waals surface area contributed by atoms with Crippen molar-refractivity contribution in [1.82, 2.24) is 24.7 Å². The average Bonchev–Trinajstić information content (AvgIpc) is 3.02. The van der Waals surface area contributed by atoms with Crippen molar-refractivity contribution < 1.29 is 0 Å². The van der Waals surface area contributed by atoms with Gasteiger partial charge in [-0.25, -0.2) is 4.68 Å². The summed E-state index contributed by atoms with van der Waals surface area (Å²) >= 11 is 3.38. The van der Waals surface area contributed by atoms with Crippen LogP contribution in [0.15, 0.2) is 41.3 Å². The summed E-state index contributed by atoms with van der Waals surface area (Å²) in [6.07, 6.45) is 5.28. The number of rotatable bonds is 4. The summed E-state index contributed by atoms with van der Waals surface area (Å²) in [7, 11) is 0. The van der Waals surface area contributed by atoms with Crippen LogP contribution in [0.5, 0.6) is 0 Å². The van der Waals surface area contributed by atoms with Gasteiger partial charge >= 0.3 is 0 Å². The highest BCUT2D eigenvalue weighted by Crippen LogP contribution is 2.26. The van der Waals surface area contributed by atoms with E-state index in [4.69, 9.17) is 5.73 Å². The SMILES string of the molecule is CCNc1nc(-n2cc(-c3ccccn3)cn2)nc(N)c1Br. The number of halogens is 1. The largest absolute Gasteiger partial charge is 0.383 e. The van der Waals surface area contributed by atoms with E-state index < -0.39 is 0 Å². The second kappa shape index (κ2) is 6.10. The minimum Gasteiger partial charge on any atom is -0.383 e. The Morgan fingerprint density at radius 2 is 2.18 bits per heavy atom. The Hall–Kier alpha value is -2.48. The predicted octanol–water partition coefficient (Wildman–Crippen LogP) is 2.50. The molecule has 0 saturated carbocycles. The van der Waals surface area contributed by atoms with E-state index in [1.807, 2.05) is 31.3 Å². The fourth-order valence-electron chi connectivity index (χ4n) is 1.94. The monoisotopic (exact) mass is 359 g/mol. The highest BCUT2D eigenvalue weighted by atomic mass is 79.9. The third-order valence-electron chi connectivity index (χ3n) is 2.96. The average molecular weight is 360 g/mol. The van der Waals surface area contributed by atoms with Gasteiger partial charge in [-0.15, -0.1) is 0 Å². The number of anilines is 2. The predicted molar refractivity (Wildman–Crippen MR) is 88.7 cm³/mol. The maximum Gasteiger partial charge on any atom is 0.254 e. The number of aromatic nitrogens is 5. The summed E-state index contributed by atoms with van der Waals surface area (Å²) < 4.78 is 2.23. The number of nitrogens with zero attached hydrogens (tertiary/aromatic N) is 5. The van der Waals surface area contributed by atoms with Crippen LogP contribution in [0.4, 0.5) is 11.6 Å². The van der Waals surface area contributed by atoms with Crippen LogP contribution in [0.1, 0.15) is 6.92 Å². The molecule has 0 fully saturated rings. The van der Waals surface area contributed by atoms with E-state index in [0.717, 1.165) is 17.8 Å². The van der Waals surface area contributed by atoms with E-state index >= 15 is 0 Å². The van der Waals surface area contributed by atoms with Crippen molar-refractivity contribution in [3.05, 3.63) is 41.3 Å². The number of nitrogens with one attached hydrogen (secondary N) is 1. The normalized spacial score (nSPS) is 10.6. The number of hydrogen-bond donors (Lipinski definition) is 2. The smallest absolute Gasteiger partial charge is 0.254 e. The van der Waals surface area contributed by atoms with Crippen LogP contribution in [0.3, 0.4) is 0 Å². The first-order valence-electron chi connectivity index (χ1n) is 6.72. The molecule has 0 amide bonds. The van der Waals surface area contributed by atoms with Gasteiger partial charge in [0.2, 0.25) is 0 Å². The second-order valence-electron chi connectivity index (χ2n) is 4.49. The van der Waals surface area contributed by atoms with E-state index in [-0.39, 0.29) is 0 Å². The Bertz CT molecular complexity index is 785. The molecule has 8 heteroatoms. The van der Waals surface area contributed by atoms with Gasteiger partial charge in [0.1, 0.15) is 16.1 Å². The second-order valence-corrected chi connectivity index (χ2v) is 5.28. The molecule has 7 nitrogen and oxygen atoms in total. The van der Waals surface area contributed by atoms with Crippen molar-refractivity contribution in [2.45, 2.75) is 6.92 Å². The van der Waals surface area contributed by atoms with Crippen molar-refractivity contribution in [3.8, 4) is 17.2 Å². The molecular weight excluding hydrogens is 346 g/mol. The van der Waals surface area contributed by atoms with Gasteiger partial charge in [0.15, 0.2) is 0 Å². The van der Waals surface area contributed by atoms with Gasteiger partial charge in [-0.2, -0.15) is 15.1 Å². The molecule has 112 valence electrons. The molecule has 0 bridgehead atoms. The van der Waals surface area contributed by atoms with Gasteiger partial charge < -0.3 is 11.1 Å². The lowest BCUT2D eigenvalue weighted by molar-refractivity contribution is 0.809. The molecule has 3 heterocycles. The van der Waals surface area contributed by atoms with Gasteiger partial charge in [-0.05, 0) is 35.0 Å². The van der Waals surface area contributed by atoms with Crippen molar-refractivity contribution >= 4 is 27.6 Å². The van der Waals surface area contributed by atoms with Gasteiger partial charge in [-0.3, -0.25) is 4.98 Å². The molecule has 0 radical (unpaired) electrons. The van der Waals surface area contributed by atoms with Gasteiger partial charge in [0.05, 0.1) is 11.9 Å². The van der Waals surface area contributed by atoms with Crippen LogP contribution in [-0.4, -0.2) is 31.3 Å². The summed E-state index contributed by atoms with van der Waals surface area (Å²) in [5.74, 6) is 1.40. The molecular formula is C14H14BrN7. The summed E-state index contributed by atoms with van der Waals surface area (Å²) in [5, 5.41) is 7.42. The van der Waals surface area contributed by atoms with E-state index in [0.29, 0.717) is 22.1 Å². The Balaban J connectivity index is 2.00. The lowest BCUT2D eigenvalue weighted by atomic mass is 10.2. The van der Waals surface area contributed by atoms with Crippen LogP contribution in [-0.2, 0) is 0 Å². The molecule has 0 aromatic carbocycles. The van der Waals surface area contributed by atoms with Crippen molar-refractivity contribution in [3.63, 3.8) is 0 Å². The molecule has 3 rings (SSSR count). The topological polar surface area (TPSA) is 94.5 Å². The molecule has 0 saturated heterocycles. The number of hydrogen-bond acceptors (Lipinski definition) is 6. The summed E-state index contributed by atoms with van der Waals surface area (Å²) in [6, 6.07) is 5.72. The summed E-state index contributed by atoms with van der Waals surface area (Å²) in [4.78, 5) is 13.0. The minimum absolute atomic E-state index is 0.357. The van der Waals surface area contributed by atoms with Crippen molar-refractivity contribution in [2.75, 3.05) is 17.6 Å². The maximum atomic E-state index is 5.92. The van der Waals surface area contributed by atoms with Crippen molar-refractivity contribution in [1.29, 1.82) is 0 Å². The standard InChI is InChI=1S/C14H14BrN7/c1-2-17-13-11(15)12(16)20-14(21-13)22-8-9(7-19-22)10-5-3-4-6-18-10/h3-8H,2H2,1H3,(H3,16,17,20,21). The highest BCUT2D eigenvalue weighted by Gasteiger charge is 2.12. The first-order valence-corrected chi connectivity index (χ1v) is 7.51. The molecule has 0 atom stereocenters. The van der Waals surface area contributed by atoms with E-state index in [1.165, 1.54) is 0 Å². The van der Waals surface area contributed by atoms with Gasteiger partial charge in [0.25, 0.3) is 5.95 Å². The fourth-order valence-corrected chi connectivity index (χ4v) is 2.25. The molecule has 0 aliphatic carbocycles. The quantitative estimate of drug-likeness (QED) is 0.742. The van der Waals surface area contributed by atoms with E-state index in [1.54, 1.807) is 17.1 Å². The number of pyridine rings is 1. The first kappa shape index (κ1) is 14.5. The maximum absolute atomic E-state index is 5.92. The molecule has 3 aromatic rings. The Morgan fingerprint density at radius 3 is 2.91 bits per heavy atom. The van der Waals surface area contributed by atoms with Gasteiger partial charge in [-0.1, -0.05) is 6.07 Å². The zero-order chi connectivity index (χ0) is 15.5. The third kappa shape index (κ3) is 2.77. The zero-order valence-corrected chi connectivity index (χ0v) is 13.4. The molecule has 0 aliphatic heterocycles. The summed E-state index contributed by atoms with van der Waals surface area (Å²) in [5.41, 5.74) is 7.64. The molecule has 22 heavy (non-hydrogen) atoms. The third-order valence-corrected chi connectivity index (χ3v) is 3.74. The Morgan fingerprint density at radius 1 is 1.32 bits per heavy atom. The molecule has 0 spiro atoms. The summed E-state index contributed by atoms with van der Waals surface area (Å²) in [6.45, 7) is 2.71. The minimum atomic E-state index is 0.357. The lowest BCUT2D eigenvalue weighted by Gasteiger charge is -2.09. The fraction of sp³-hybridized carbons (Fsp3) is 0.143. The van der Waals surface area contributed by atoms with Gasteiger partial charge in [0, 0.05) is 24.5 Å². The number of nitrogens with two attached hydrogens (primary N) is 1. The van der Waals surface area contributed by atoms with E-state index in [2.05, 4.69) is 41.3 Å². The van der Waals surface area contributed by atoms with Crippen molar-refractivity contribution in [2.24, 2.45) is 0 Å².